The van der Waals surface area contributed by atoms with Crippen LogP contribution in [0.2, 0.25) is 0 Å². The van der Waals surface area contributed by atoms with Crippen molar-refractivity contribution in [1.82, 2.24) is 19.6 Å². The maximum atomic E-state index is 13.7. The summed E-state index contributed by atoms with van der Waals surface area (Å²) in [6, 6.07) is 5.21. The molecule has 1 aliphatic rings. The molecule has 30 heavy (non-hydrogen) atoms. The van der Waals surface area contributed by atoms with E-state index in [1.54, 1.807) is 42.2 Å². The van der Waals surface area contributed by atoms with E-state index in [2.05, 4.69) is 10.3 Å². The lowest BCUT2D eigenvalue weighted by Crippen LogP contribution is -2.42. The highest BCUT2D eigenvalue weighted by Gasteiger charge is 2.28. The van der Waals surface area contributed by atoms with Crippen LogP contribution >= 0.6 is 0 Å². The predicted octanol–water partition coefficient (Wildman–Crippen LogP) is 3.25. The molecule has 0 aliphatic carbocycles. The molecule has 1 amide bonds. The molecule has 4 rings (SSSR count). The summed E-state index contributed by atoms with van der Waals surface area (Å²) in [6.45, 7) is 0.350. The molecule has 3 heterocycles. The third kappa shape index (κ3) is 3.32. The molecule has 0 saturated carbocycles. The van der Waals surface area contributed by atoms with Crippen LogP contribution in [0.25, 0.3) is 11.3 Å². The zero-order valence-electron chi connectivity index (χ0n) is 16.0. The van der Waals surface area contributed by atoms with E-state index in [1.807, 2.05) is 0 Å². The quantitative estimate of drug-likeness (QED) is 0.648. The Morgan fingerprint density at radius 2 is 1.93 bits per heavy atom. The Bertz CT molecular complexity index is 1180. The topological polar surface area (TPSA) is 73.5 Å². The second-order valence-electron chi connectivity index (χ2n) is 6.89. The van der Waals surface area contributed by atoms with E-state index in [-0.39, 0.29) is 23.7 Å². The maximum Gasteiger partial charge on any atom is 0.257 e. The molecule has 1 aromatic carbocycles. The van der Waals surface area contributed by atoms with Crippen molar-refractivity contribution < 1.29 is 18.0 Å². The predicted molar refractivity (Wildman–Crippen MR) is 106 cm³/mol. The third-order valence-electron chi connectivity index (χ3n) is 5.11. The molecule has 2 N–H and O–H groups in total. The standard InChI is InChI=1S/C21H18F3N5O/c1-26-19(12-9-15(22)18(24)16(23)10-12)13-4-7-29(11-17(13)25)21(30)14-3-2-6-28-8-5-27-20(14)28/h2-3,5-6,8-10,25-26H,4,7,11H2,1H3/b19-13-,25-17?. The van der Waals surface area contributed by atoms with Gasteiger partial charge in [-0.3, -0.25) is 4.79 Å². The van der Waals surface area contributed by atoms with Gasteiger partial charge in [0.2, 0.25) is 0 Å². The van der Waals surface area contributed by atoms with Gasteiger partial charge in [0, 0.05) is 49.0 Å². The lowest BCUT2D eigenvalue weighted by atomic mass is 9.95. The summed E-state index contributed by atoms with van der Waals surface area (Å²) in [6.07, 6.45) is 5.44. The van der Waals surface area contributed by atoms with E-state index in [0.717, 1.165) is 12.1 Å². The Balaban J connectivity index is 1.63. The molecule has 0 atom stereocenters. The van der Waals surface area contributed by atoms with E-state index in [4.69, 9.17) is 5.41 Å². The summed E-state index contributed by atoms with van der Waals surface area (Å²) in [4.78, 5) is 18.8. The average Bonchev–Trinajstić information content (AvgIpc) is 3.22. The number of carbonyl (C=O) groups is 1. The van der Waals surface area contributed by atoms with E-state index in [9.17, 15) is 18.0 Å². The lowest BCUT2D eigenvalue weighted by Gasteiger charge is -2.30. The van der Waals surface area contributed by atoms with E-state index in [1.165, 1.54) is 4.90 Å². The fourth-order valence-corrected chi connectivity index (χ4v) is 3.67. The normalized spacial score (nSPS) is 16.1. The molecule has 0 spiro atoms. The van der Waals surface area contributed by atoms with Crippen molar-refractivity contribution in [2.75, 3.05) is 20.1 Å². The number of fused-ring (bicyclic) bond motifs is 1. The van der Waals surface area contributed by atoms with Crippen molar-refractivity contribution >= 4 is 23.0 Å². The van der Waals surface area contributed by atoms with Crippen LogP contribution in [0.4, 0.5) is 13.2 Å². The molecule has 154 valence electrons. The molecule has 1 saturated heterocycles. The van der Waals surface area contributed by atoms with Crippen LogP contribution in [0.1, 0.15) is 22.3 Å². The fraction of sp³-hybridized carbons (Fsp3) is 0.190. The first-order valence-electron chi connectivity index (χ1n) is 9.25. The summed E-state index contributed by atoms with van der Waals surface area (Å²) in [5.41, 5.74) is 2.06. The van der Waals surface area contributed by atoms with Gasteiger partial charge in [-0.15, -0.1) is 0 Å². The number of amides is 1. The van der Waals surface area contributed by atoms with Gasteiger partial charge in [-0.2, -0.15) is 0 Å². The number of halogens is 3. The van der Waals surface area contributed by atoms with Crippen molar-refractivity contribution in [2.24, 2.45) is 0 Å². The number of rotatable bonds is 3. The Morgan fingerprint density at radius 1 is 1.20 bits per heavy atom. The summed E-state index contributed by atoms with van der Waals surface area (Å²) >= 11 is 0. The molecule has 1 aliphatic heterocycles. The van der Waals surface area contributed by atoms with E-state index < -0.39 is 17.5 Å². The average molecular weight is 413 g/mol. The highest BCUT2D eigenvalue weighted by molar-refractivity contribution is 6.09. The minimum Gasteiger partial charge on any atom is -0.387 e. The highest BCUT2D eigenvalue weighted by Crippen LogP contribution is 2.26. The second kappa shape index (κ2) is 7.66. The summed E-state index contributed by atoms with van der Waals surface area (Å²) in [7, 11) is 1.56. The van der Waals surface area contributed by atoms with Gasteiger partial charge in [-0.05, 0) is 30.7 Å². The van der Waals surface area contributed by atoms with Gasteiger partial charge in [0.1, 0.15) is 5.65 Å². The number of benzene rings is 1. The van der Waals surface area contributed by atoms with Crippen LogP contribution < -0.4 is 5.32 Å². The number of nitrogens with zero attached hydrogens (tertiary/aromatic N) is 3. The first kappa shape index (κ1) is 19.7. The summed E-state index contributed by atoms with van der Waals surface area (Å²) in [5, 5.41) is 11.3. The number of aromatic nitrogens is 2. The minimum atomic E-state index is -1.54. The van der Waals surface area contributed by atoms with Gasteiger partial charge in [-0.25, -0.2) is 18.2 Å². The van der Waals surface area contributed by atoms with E-state index >= 15 is 0 Å². The lowest BCUT2D eigenvalue weighted by molar-refractivity contribution is 0.0777. The Labute approximate surface area is 170 Å². The molecular formula is C21H18F3N5O. The van der Waals surface area contributed by atoms with Gasteiger partial charge in [0.25, 0.3) is 5.91 Å². The van der Waals surface area contributed by atoms with Crippen LogP contribution in [0, 0.1) is 22.9 Å². The van der Waals surface area contributed by atoms with Crippen LogP contribution in [-0.2, 0) is 0 Å². The number of pyridine rings is 1. The molecule has 1 fully saturated rings. The number of hydrogen-bond donors (Lipinski definition) is 2. The maximum absolute atomic E-state index is 13.7. The smallest absolute Gasteiger partial charge is 0.257 e. The van der Waals surface area contributed by atoms with Crippen LogP contribution in [0.5, 0.6) is 0 Å². The number of imidazole rings is 1. The van der Waals surface area contributed by atoms with Crippen molar-refractivity contribution in [1.29, 1.82) is 5.41 Å². The van der Waals surface area contributed by atoms with Crippen LogP contribution in [0.3, 0.4) is 0 Å². The molecular weight excluding hydrogens is 395 g/mol. The third-order valence-corrected chi connectivity index (χ3v) is 5.11. The summed E-state index contributed by atoms with van der Waals surface area (Å²) < 4.78 is 42.4. The second-order valence-corrected chi connectivity index (χ2v) is 6.89. The van der Waals surface area contributed by atoms with Crippen molar-refractivity contribution in [3.8, 4) is 0 Å². The Hall–Kier alpha value is -3.62. The fourth-order valence-electron chi connectivity index (χ4n) is 3.67. The van der Waals surface area contributed by atoms with E-state index in [0.29, 0.717) is 35.4 Å². The number of piperidine rings is 1. The van der Waals surface area contributed by atoms with Crippen LogP contribution in [0.15, 0.2) is 48.4 Å². The van der Waals surface area contributed by atoms with Crippen molar-refractivity contribution in [3.63, 3.8) is 0 Å². The molecule has 0 bridgehead atoms. The SMILES string of the molecule is CN/C(=C1/CCN(C(=O)c2cccn3ccnc23)CC1=N)c1cc(F)c(F)c(F)c1. The van der Waals surface area contributed by atoms with Gasteiger partial charge in [-0.1, -0.05) is 0 Å². The van der Waals surface area contributed by atoms with Gasteiger partial charge in [0.15, 0.2) is 17.5 Å². The Kier molecular flexibility index (Phi) is 5.03. The number of nitrogens with one attached hydrogen (secondary N) is 2. The van der Waals surface area contributed by atoms with Gasteiger partial charge in [0.05, 0.1) is 17.8 Å². The number of likely N-dealkylation sites (tertiary alicyclic amines) is 1. The monoisotopic (exact) mass is 413 g/mol. The molecule has 3 aromatic rings. The highest BCUT2D eigenvalue weighted by atomic mass is 19.2. The molecule has 6 nitrogen and oxygen atoms in total. The largest absolute Gasteiger partial charge is 0.387 e. The van der Waals surface area contributed by atoms with Crippen molar-refractivity contribution in [3.05, 3.63) is 77.0 Å². The van der Waals surface area contributed by atoms with Gasteiger partial charge < -0.3 is 20.0 Å². The minimum absolute atomic E-state index is 0.0350. The summed E-state index contributed by atoms with van der Waals surface area (Å²) in [5.74, 6) is -4.39. The van der Waals surface area contributed by atoms with Crippen LogP contribution in [-0.4, -0.2) is 46.0 Å². The van der Waals surface area contributed by atoms with Gasteiger partial charge >= 0.3 is 0 Å². The zero-order chi connectivity index (χ0) is 21.4. The molecule has 2 aromatic heterocycles. The molecule has 9 heteroatoms. The Morgan fingerprint density at radius 3 is 2.60 bits per heavy atom. The molecule has 0 radical (unpaired) electrons. The first-order chi connectivity index (χ1) is 14.4. The number of hydrogen-bond acceptors (Lipinski definition) is 4. The first-order valence-corrected chi connectivity index (χ1v) is 9.25. The van der Waals surface area contributed by atoms with Crippen molar-refractivity contribution in [2.45, 2.75) is 6.42 Å². The zero-order valence-corrected chi connectivity index (χ0v) is 16.0. The number of carbonyl (C=O) groups excluding carboxylic acids is 1. The molecule has 0 unspecified atom stereocenters.